The molecule has 0 saturated heterocycles. The minimum Gasteiger partial charge on any atom is -0.379 e. The molecule has 0 radical (unpaired) electrons. The van der Waals surface area contributed by atoms with E-state index in [0.29, 0.717) is 5.56 Å². The van der Waals surface area contributed by atoms with Crippen LogP contribution in [0.4, 0.5) is 5.69 Å². The van der Waals surface area contributed by atoms with Crippen molar-refractivity contribution < 1.29 is 22.3 Å². The van der Waals surface area contributed by atoms with Crippen molar-refractivity contribution in [3.63, 3.8) is 0 Å². The Balaban J connectivity index is 1.74. The van der Waals surface area contributed by atoms with Crippen LogP contribution in [0.1, 0.15) is 28.2 Å². The van der Waals surface area contributed by atoms with E-state index in [1.54, 1.807) is 23.3 Å². The Morgan fingerprint density at radius 2 is 1.83 bits per heavy atom. The Bertz CT molecular complexity index is 1160. The number of nitro benzene ring substituents is 1. The second-order valence-electron chi connectivity index (χ2n) is 6.42. The predicted molar refractivity (Wildman–Crippen MR) is 112 cm³/mol. The molecule has 1 atom stereocenters. The zero-order valence-corrected chi connectivity index (χ0v) is 17.7. The van der Waals surface area contributed by atoms with E-state index in [1.165, 1.54) is 42.5 Å². The lowest BCUT2D eigenvalue weighted by atomic mass is 10.1. The first kappa shape index (κ1) is 21.5. The van der Waals surface area contributed by atoms with Gasteiger partial charge in [0, 0.05) is 29.6 Å². The molecule has 3 aromatic rings. The molecule has 3 rings (SSSR count). The van der Waals surface area contributed by atoms with Gasteiger partial charge in [-0.1, -0.05) is 12.1 Å². The van der Waals surface area contributed by atoms with Gasteiger partial charge in [-0.25, -0.2) is 0 Å². The second-order valence-corrected chi connectivity index (χ2v) is 8.95. The number of hydrogen-bond donors (Lipinski definition) is 0. The highest BCUT2D eigenvalue weighted by Gasteiger charge is 2.22. The minimum atomic E-state index is -4.26. The first-order valence-corrected chi connectivity index (χ1v) is 11.1. The Morgan fingerprint density at radius 1 is 1.13 bits per heavy atom. The number of rotatable bonds is 7. The molecule has 0 aliphatic carbocycles. The van der Waals surface area contributed by atoms with Crippen molar-refractivity contribution in [3.05, 3.63) is 86.6 Å². The maximum absolute atomic E-state index is 12.7. The van der Waals surface area contributed by atoms with E-state index in [2.05, 4.69) is 0 Å². The fraction of sp³-hybridized carbons (Fsp3) is 0.150. The predicted octanol–water partition coefficient (Wildman–Crippen LogP) is 4.26. The summed E-state index contributed by atoms with van der Waals surface area (Å²) in [7, 11) is -2.56. The molecular weight excluding hydrogens is 428 g/mol. The number of nitro groups is 1. The minimum absolute atomic E-state index is 0.00739. The largest absolute Gasteiger partial charge is 0.379 e. The normalized spacial score (nSPS) is 12.2. The molecule has 0 aliphatic rings. The summed E-state index contributed by atoms with van der Waals surface area (Å²) in [6, 6.07) is 14.0. The molecule has 0 saturated carbocycles. The number of carbonyl (C=O) groups is 1. The van der Waals surface area contributed by atoms with E-state index in [9.17, 15) is 23.3 Å². The standard InChI is InChI=1S/C20H18N2O6S2/c1-14(19-7-4-12-29-19)21(2)20(23)15-8-10-17(11-9-15)28-30(26,27)18-6-3-5-16(13-18)22(24)25/h3-14H,1-2H3. The third-order valence-corrected chi connectivity index (χ3v) is 6.77. The molecule has 0 fully saturated rings. The van der Waals surface area contributed by atoms with Gasteiger partial charge in [-0.15, -0.1) is 11.3 Å². The molecule has 1 heterocycles. The van der Waals surface area contributed by atoms with Gasteiger partial charge in [0.15, 0.2) is 0 Å². The molecule has 2 aromatic carbocycles. The van der Waals surface area contributed by atoms with Gasteiger partial charge in [-0.2, -0.15) is 8.42 Å². The fourth-order valence-corrected chi connectivity index (χ4v) is 4.48. The van der Waals surface area contributed by atoms with Crippen molar-refractivity contribution in [3.8, 4) is 5.75 Å². The van der Waals surface area contributed by atoms with Crippen molar-refractivity contribution in [2.75, 3.05) is 7.05 Å². The summed E-state index contributed by atoms with van der Waals surface area (Å²) in [6.07, 6.45) is 0. The van der Waals surface area contributed by atoms with Gasteiger partial charge in [0.1, 0.15) is 10.6 Å². The molecule has 0 N–H and O–H groups in total. The number of non-ortho nitro benzene ring substituents is 1. The summed E-state index contributed by atoms with van der Waals surface area (Å²) in [6.45, 7) is 1.92. The summed E-state index contributed by atoms with van der Waals surface area (Å²) in [4.78, 5) is 25.2. The lowest BCUT2D eigenvalue weighted by molar-refractivity contribution is -0.385. The number of nitrogens with zero attached hydrogens (tertiary/aromatic N) is 2. The Hall–Kier alpha value is -3.24. The van der Waals surface area contributed by atoms with E-state index in [-0.39, 0.29) is 28.3 Å². The maximum Gasteiger partial charge on any atom is 0.339 e. The van der Waals surface area contributed by atoms with Gasteiger partial charge < -0.3 is 9.08 Å². The number of amides is 1. The first-order valence-electron chi connectivity index (χ1n) is 8.78. The van der Waals surface area contributed by atoms with Gasteiger partial charge in [-0.3, -0.25) is 14.9 Å². The quantitative estimate of drug-likeness (QED) is 0.305. The lowest BCUT2D eigenvalue weighted by Crippen LogP contribution is -2.29. The van der Waals surface area contributed by atoms with Crippen LogP contribution in [0.25, 0.3) is 0 Å². The molecule has 0 spiro atoms. The number of thiophene rings is 1. The van der Waals surface area contributed by atoms with E-state index >= 15 is 0 Å². The van der Waals surface area contributed by atoms with Crippen LogP contribution in [0.3, 0.4) is 0 Å². The van der Waals surface area contributed by atoms with Crippen molar-refractivity contribution in [2.24, 2.45) is 0 Å². The fourth-order valence-electron chi connectivity index (χ4n) is 2.68. The molecule has 1 unspecified atom stereocenters. The van der Waals surface area contributed by atoms with Gasteiger partial charge in [0.2, 0.25) is 0 Å². The third-order valence-electron chi connectivity index (χ3n) is 4.48. The average Bonchev–Trinajstić information content (AvgIpc) is 3.27. The van der Waals surface area contributed by atoms with Crippen LogP contribution >= 0.6 is 11.3 Å². The molecule has 0 bridgehead atoms. The van der Waals surface area contributed by atoms with Crippen LogP contribution < -0.4 is 4.18 Å². The zero-order chi connectivity index (χ0) is 21.9. The van der Waals surface area contributed by atoms with Crippen LogP contribution in [0, 0.1) is 10.1 Å². The van der Waals surface area contributed by atoms with Crippen molar-refractivity contribution in [2.45, 2.75) is 17.9 Å². The molecule has 156 valence electrons. The lowest BCUT2D eigenvalue weighted by Gasteiger charge is -2.24. The van der Waals surface area contributed by atoms with Crippen LogP contribution in [-0.4, -0.2) is 31.2 Å². The van der Waals surface area contributed by atoms with Gasteiger partial charge in [0.05, 0.1) is 11.0 Å². The van der Waals surface area contributed by atoms with Crippen LogP contribution in [0.5, 0.6) is 5.75 Å². The second kappa shape index (κ2) is 8.64. The average molecular weight is 447 g/mol. The number of hydrogen-bond acceptors (Lipinski definition) is 7. The summed E-state index contributed by atoms with van der Waals surface area (Å²) < 4.78 is 29.9. The summed E-state index contributed by atoms with van der Waals surface area (Å²) in [5.74, 6) is -0.226. The molecule has 1 aromatic heterocycles. The highest BCUT2D eigenvalue weighted by atomic mass is 32.2. The van der Waals surface area contributed by atoms with Gasteiger partial charge in [-0.05, 0) is 48.7 Å². The monoisotopic (exact) mass is 446 g/mol. The van der Waals surface area contributed by atoms with E-state index < -0.39 is 15.0 Å². The van der Waals surface area contributed by atoms with Gasteiger partial charge >= 0.3 is 10.1 Å². The Morgan fingerprint density at radius 3 is 2.43 bits per heavy atom. The molecule has 10 heteroatoms. The van der Waals surface area contributed by atoms with Crippen molar-refractivity contribution in [1.82, 2.24) is 4.90 Å². The topological polar surface area (TPSA) is 107 Å². The smallest absolute Gasteiger partial charge is 0.339 e. The van der Waals surface area contributed by atoms with E-state index in [1.807, 2.05) is 24.4 Å². The molecule has 0 aliphatic heterocycles. The first-order chi connectivity index (χ1) is 14.2. The van der Waals surface area contributed by atoms with Crippen LogP contribution in [0.2, 0.25) is 0 Å². The summed E-state index contributed by atoms with van der Waals surface area (Å²) in [5.41, 5.74) is 0.0181. The zero-order valence-electron chi connectivity index (χ0n) is 16.1. The van der Waals surface area contributed by atoms with Crippen molar-refractivity contribution in [1.29, 1.82) is 0 Å². The van der Waals surface area contributed by atoms with E-state index in [0.717, 1.165) is 10.9 Å². The third kappa shape index (κ3) is 4.66. The highest BCUT2D eigenvalue weighted by molar-refractivity contribution is 7.87. The molecule has 8 nitrogen and oxygen atoms in total. The SMILES string of the molecule is CC(c1cccs1)N(C)C(=O)c1ccc(OS(=O)(=O)c2cccc([N+](=O)[O-])c2)cc1. The van der Waals surface area contributed by atoms with Gasteiger partial charge in [0.25, 0.3) is 11.6 Å². The number of benzene rings is 2. The van der Waals surface area contributed by atoms with Crippen molar-refractivity contribution >= 4 is 33.0 Å². The molecule has 1 amide bonds. The summed E-state index contributed by atoms with van der Waals surface area (Å²) in [5, 5.41) is 12.8. The molecular formula is C20H18N2O6S2. The van der Waals surface area contributed by atoms with Crippen LogP contribution in [-0.2, 0) is 10.1 Å². The maximum atomic E-state index is 12.7. The Labute approximate surface area is 177 Å². The van der Waals surface area contributed by atoms with E-state index in [4.69, 9.17) is 4.18 Å². The highest BCUT2D eigenvalue weighted by Crippen LogP contribution is 2.26. The summed E-state index contributed by atoms with van der Waals surface area (Å²) >= 11 is 1.56. The Kier molecular flexibility index (Phi) is 6.18. The van der Waals surface area contributed by atoms with Crippen LogP contribution in [0.15, 0.2) is 70.9 Å². The number of carbonyl (C=O) groups excluding carboxylic acids is 1. The molecule has 30 heavy (non-hydrogen) atoms.